The Bertz CT molecular complexity index is 606. The van der Waals surface area contributed by atoms with Crippen LogP contribution in [0.15, 0.2) is 12.5 Å². The van der Waals surface area contributed by atoms with Gasteiger partial charge in [0.1, 0.15) is 6.04 Å². The predicted molar refractivity (Wildman–Crippen MR) is 106 cm³/mol. The molecule has 1 atom stereocenters. The van der Waals surface area contributed by atoms with Crippen molar-refractivity contribution in [3.63, 3.8) is 0 Å². The van der Waals surface area contributed by atoms with Gasteiger partial charge in [0.15, 0.2) is 0 Å². The molecular weight excluding hydrogens is 393 g/mol. The minimum atomic E-state index is -0.826. The van der Waals surface area contributed by atoms with Gasteiger partial charge in [-0.2, -0.15) is 0 Å². The number of imidazole rings is 1. The van der Waals surface area contributed by atoms with E-state index < -0.39 is 6.04 Å². The van der Waals surface area contributed by atoms with Crippen molar-refractivity contribution < 1.29 is 14.7 Å². The van der Waals surface area contributed by atoms with Gasteiger partial charge in [-0.25, -0.2) is 4.98 Å². The first-order valence-electron chi connectivity index (χ1n) is 8.93. The number of nitrogens with one attached hydrogen (secondary N) is 1. The van der Waals surface area contributed by atoms with Crippen LogP contribution in [0.2, 0.25) is 0 Å². The maximum Gasteiger partial charge on any atom is 0.241 e. The first-order valence-corrected chi connectivity index (χ1v) is 8.93. The Hall–Kier alpha value is -1.35. The van der Waals surface area contributed by atoms with Crippen LogP contribution in [0.3, 0.4) is 0 Å². The van der Waals surface area contributed by atoms with E-state index in [1.54, 1.807) is 17.4 Å². The molecule has 0 saturated carbocycles. The average molecular weight is 422 g/mol. The van der Waals surface area contributed by atoms with Crippen LogP contribution < -0.4 is 5.73 Å². The Balaban J connectivity index is 0.00000182. The molecule has 4 N–H and O–H groups in total. The molecule has 0 radical (unpaired) electrons. The topological polar surface area (TPSA) is 116 Å². The van der Waals surface area contributed by atoms with E-state index in [-0.39, 0.29) is 48.7 Å². The summed E-state index contributed by atoms with van der Waals surface area (Å²) in [6, 6.07) is -0.826. The average Bonchev–Trinajstić information content (AvgIpc) is 3.15. The summed E-state index contributed by atoms with van der Waals surface area (Å²) in [5.41, 5.74) is 6.77. The number of hydrogen-bond donors (Lipinski definition) is 3. The minimum Gasteiger partial charge on any atom is -0.394 e. The van der Waals surface area contributed by atoms with Crippen LogP contribution in [-0.4, -0.2) is 75.5 Å². The SMILES string of the molecule is Cl.Cl.N[C@@H](CO)C(=O)N1CCC2(CCC(=O)N(CCc3cnc[nH]3)C2)CC1. The van der Waals surface area contributed by atoms with E-state index in [4.69, 9.17) is 10.8 Å². The van der Waals surface area contributed by atoms with Crippen molar-refractivity contribution in [3.05, 3.63) is 18.2 Å². The van der Waals surface area contributed by atoms with Gasteiger partial charge < -0.3 is 25.6 Å². The van der Waals surface area contributed by atoms with Crippen LogP contribution in [0, 0.1) is 5.41 Å². The highest BCUT2D eigenvalue weighted by molar-refractivity contribution is 5.85. The largest absolute Gasteiger partial charge is 0.394 e. The second kappa shape index (κ2) is 10.3. The standard InChI is InChI=1S/C17H27N5O3.2ClH/c18-14(10-23)16(25)21-7-4-17(5-8-21)3-1-15(24)22(11-17)6-2-13-9-19-12-20-13;;/h9,12,14,23H,1-8,10-11,18H2,(H,19,20);2*1H/t14-;;/m0../s1. The quantitative estimate of drug-likeness (QED) is 0.633. The molecule has 2 saturated heterocycles. The second-order valence-corrected chi connectivity index (χ2v) is 7.26. The normalized spacial score (nSPS) is 20.0. The number of likely N-dealkylation sites (tertiary alicyclic amines) is 2. The lowest BCUT2D eigenvalue weighted by Crippen LogP contribution is -2.55. The summed E-state index contributed by atoms with van der Waals surface area (Å²) in [5.74, 6) is 0.0336. The number of rotatable bonds is 5. The third-order valence-electron chi connectivity index (χ3n) is 5.60. The molecule has 2 aliphatic heterocycles. The Kier molecular flexibility index (Phi) is 9.01. The van der Waals surface area contributed by atoms with Crippen LogP contribution in [0.4, 0.5) is 0 Å². The van der Waals surface area contributed by atoms with Crippen molar-refractivity contribution in [3.8, 4) is 0 Å². The van der Waals surface area contributed by atoms with Gasteiger partial charge in [0, 0.05) is 50.9 Å². The maximum absolute atomic E-state index is 12.3. The van der Waals surface area contributed by atoms with Gasteiger partial charge in [-0.05, 0) is 24.7 Å². The van der Waals surface area contributed by atoms with Crippen molar-refractivity contribution in [1.82, 2.24) is 19.8 Å². The van der Waals surface area contributed by atoms with E-state index in [9.17, 15) is 9.59 Å². The highest BCUT2D eigenvalue weighted by Crippen LogP contribution is 2.40. The molecule has 2 aliphatic rings. The molecule has 1 aromatic heterocycles. The van der Waals surface area contributed by atoms with Gasteiger partial charge >= 0.3 is 0 Å². The van der Waals surface area contributed by atoms with E-state index in [0.717, 1.165) is 37.9 Å². The van der Waals surface area contributed by atoms with Crippen LogP contribution in [-0.2, 0) is 16.0 Å². The fraction of sp³-hybridized carbons (Fsp3) is 0.706. The second-order valence-electron chi connectivity index (χ2n) is 7.26. The Morgan fingerprint density at radius 3 is 2.63 bits per heavy atom. The van der Waals surface area contributed by atoms with Crippen molar-refractivity contribution in [2.45, 2.75) is 38.1 Å². The predicted octanol–water partition coefficient (Wildman–Crippen LogP) is 0.347. The fourth-order valence-corrected chi connectivity index (χ4v) is 3.91. The number of hydrogen-bond acceptors (Lipinski definition) is 5. The number of nitrogens with zero attached hydrogens (tertiary/aromatic N) is 3. The van der Waals surface area contributed by atoms with Crippen LogP contribution in [0.1, 0.15) is 31.4 Å². The monoisotopic (exact) mass is 421 g/mol. The third kappa shape index (κ3) is 5.57. The Morgan fingerprint density at radius 2 is 2.04 bits per heavy atom. The number of halogens is 2. The van der Waals surface area contributed by atoms with E-state index >= 15 is 0 Å². The van der Waals surface area contributed by atoms with E-state index in [1.807, 2.05) is 4.90 Å². The molecule has 3 heterocycles. The zero-order chi connectivity index (χ0) is 17.9. The lowest BCUT2D eigenvalue weighted by Gasteiger charge is -2.47. The number of amides is 2. The molecule has 1 spiro atoms. The zero-order valence-corrected chi connectivity index (χ0v) is 16.9. The number of aliphatic hydroxyl groups is 1. The minimum absolute atomic E-state index is 0. The summed E-state index contributed by atoms with van der Waals surface area (Å²) in [7, 11) is 0. The molecule has 154 valence electrons. The number of carbonyl (C=O) groups excluding carboxylic acids is 2. The molecule has 0 bridgehead atoms. The molecular formula is C17H29Cl2N5O3. The van der Waals surface area contributed by atoms with Gasteiger partial charge in [-0.15, -0.1) is 24.8 Å². The molecule has 0 aromatic carbocycles. The summed E-state index contributed by atoms with van der Waals surface area (Å²) < 4.78 is 0. The summed E-state index contributed by atoms with van der Waals surface area (Å²) in [6.45, 7) is 2.43. The molecule has 27 heavy (non-hydrogen) atoms. The van der Waals surface area contributed by atoms with Crippen molar-refractivity contribution in [2.24, 2.45) is 11.1 Å². The van der Waals surface area contributed by atoms with Crippen LogP contribution in [0.25, 0.3) is 0 Å². The molecule has 10 heteroatoms. The fourth-order valence-electron chi connectivity index (χ4n) is 3.91. The number of aliphatic hydroxyl groups excluding tert-OH is 1. The molecule has 3 rings (SSSR count). The lowest BCUT2D eigenvalue weighted by molar-refractivity contribution is -0.143. The number of piperidine rings is 2. The smallest absolute Gasteiger partial charge is 0.241 e. The van der Waals surface area contributed by atoms with E-state index in [2.05, 4.69) is 9.97 Å². The summed E-state index contributed by atoms with van der Waals surface area (Å²) in [5, 5.41) is 9.06. The first-order chi connectivity index (χ1) is 12.0. The summed E-state index contributed by atoms with van der Waals surface area (Å²) in [4.78, 5) is 35.2. The highest BCUT2D eigenvalue weighted by Gasteiger charge is 2.41. The van der Waals surface area contributed by atoms with Crippen molar-refractivity contribution >= 4 is 36.6 Å². The maximum atomic E-state index is 12.3. The summed E-state index contributed by atoms with van der Waals surface area (Å²) in [6.07, 6.45) is 7.44. The molecule has 2 fully saturated rings. The van der Waals surface area contributed by atoms with Gasteiger partial charge in [0.25, 0.3) is 0 Å². The van der Waals surface area contributed by atoms with Gasteiger partial charge in [-0.3, -0.25) is 9.59 Å². The molecule has 2 amide bonds. The molecule has 1 aromatic rings. The van der Waals surface area contributed by atoms with Crippen molar-refractivity contribution in [2.75, 3.05) is 32.8 Å². The molecule has 0 unspecified atom stereocenters. The molecule has 8 nitrogen and oxygen atoms in total. The molecule has 0 aliphatic carbocycles. The lowest BCUT2D eigenvalue weighted by atomic mass is 9.72. The highest BCUT2D eigenvalue weighted by atomic mass is 35.5. The van der Waals surface area contributed by atoms with Gasteiger partial charge in [0.05, 0.1) is 12.9 Å². The van der Waals surface area contributed by atoms with Crippen LogP contribution in [0.5, 0.6) is 0 Å². The van der Waals surface area contributed by atoms with Crippen LogP contribution >= 0.6 is 24.8 Å². The summed E-state index contributed by atoms with van der Waals surface area (Å²) >= 11 is 0. The van der Waals surface area contributed by atoms with Crippen molar-refractivity contribution in [1.29, 1.82) is 0 Å². The Labute approximate surface area is 171 Å². The number of aromatic nitrogens is 2. The number of H-pyrrole nitrogens is 1. The third-order valence-corrected chi connectivity index (χ3v) is 5.60. The zero-order valence-electron chi connectivity index (χ0n) is 15.3. The Morgan fingerprint density at radius 1 is 1.33 bits per heavy atom. The van der Waals surface area contributed by atoms with E-state index in [1.165, 1.54) is 0 Å². The van der Waals surface area contributed by atoms with E-state index in [0.29, 0.717) is 26.1 Å². The first kappa shape index (κ1) is 23.7. The van der Waals surface area contributed by atoms with Gasteiger partial charge in [0.2, 0.25) is 11.8 Å². The number of aromatic amines is 1. The van der Waals surface area contributed by atoms with Gasteiger partial charge in [-0.1, -0.05) is 0 Å². The number of carbonyl (C=O) groups is 2. The number of nitrogens with two attached hydrogens (primary N) is 1.